The summed E-state index contributed by atoms with van der Waals surface area (Å²) in [5.74, 6) is 0.0461. The molecule has 1 aliphatic rings. The maximum atomic E-state index is 12.4. The van der Waals surface area contributed by atoms with Crippen LogP contribution in [0.15, 0.2) is 36.4 Å². The number of nitrogens with one attached hydrogen (secondary N) is 2. The van der Waals surface area contributed by atoms with E-state index >= 15 is 0 Å². The van der Waals surface area contributed by atoms with Crippen molar-refractivity contribution in [2.24, 2.45) is 0 Å². The minimum atomic E-state index is -0.234. The number of halogens is 1. The Balaban J connectivity index is 1.59. The first-order valence-electron chi connectivity index (χ1n) is 7.07. The third-order valence-electron chi connectivity index (χ3n) is 3.67. The molecule has 1 aromatic heterocycles. The maximum Gasteiger partial charge on any atom is 0.241 e. The maximum absolute atomic E-state index is 12.4. The lowest BCUT2D eigenvalue weighted by atomic mass is 9.94. The number of fused-ring (bicyclic) bond motifs is 1. The van der Waals surface area contributed by atoms with E-state index in [1.807, 2.05) is 30.3 Å². The normalized spacial score (nSPS) is 17.3. The second-order valence-corrected chi connectivity index (χ2v) is 6.88. The number of thiophene rings is 1. The van der Waals surface area contributed by atoms with Crippen molar-refractivity contribution in [1.82, 2.24) is 10.6 Å². The minimum absolute atomic E-state index is 0.0461. The molecule has 1 aliphatic heterocycles. The van der Waals surface area contributed by atoms with Crippen molar-refractivity contribution < 1.29 is 4.79 Å². The van der Waals surface area contributed by atoms with Crippen molar-refractivity contribution in [3.63, 3.8) is 0 Å². The van der Waals surface area contributed by atoms with Gasteiger partial charge in [0.05, 0.1) is 4.34 Å². The number of hydrogen-bond acceptors (Lipinski definition) is 3. The fraction of sp³-hybridized carbons (Fsp3) is 0.312. The van der Waals surface area contributed by atoms with Crippen LogP contribution in [0.2, 0.25) is 4.34 Å². The van der Waals surface area contributed by atoms with Crippen LogP contribution in [0.1, 0.15) is 22.0 Å². The highest BCUT2D eigenvalue weighted by Gasteiger charge is 2.25. The summed E-state index contributed by atoms with van der Waals surface area (Å²) in [5, 5.41) is 6.31. The Morgan fingerprint density at radius 1 is 1.33 bits per heavy atom. The van der Waals surface area contributed by atoms with Crippen LogP contribution in [0.3, 0.4) is 0 Å². The Bertz CT molecular complexity index is 641. The number of carbonyl (C=O) groups excluding carboxylic acids is 1. The van der Waals surface area contributed by atoms with E-state index in [1.54, 1.807) is 11.3 Å². The predicted molar refractivity (Wildman–Crippen MR) is 86.9 cm³/mol. The second-order valence-electron chi connectivity index (χ2n) is 5.08. The van der Waals surface area contributed by atoms with Crippen LogP contribution in [0, 0.1) is 0 Å². The summed E-state index contributed by atoms with van der Waals surface area (Å²) in [6, 6.07) is 11.8. The molecule has 5 heteroatoms. The molecular weight excluding hydrogens is 304 g/mol. The van der Waals surface area contributed by atoms with E-state index in [0.29, 0.717) is 6.54 Å². The Morgan fingerprint density at radius 2 is 2.19 bits per heavy atom. The molecule has 1 atom stereocenters. The van der Waals surface area contributed by atoms with Crippen LogP contribution in [0.25, 0.3) is 0 Å². The van der Waals surface area contributed by atoms with Crippen molar-refractivity contribution in [2.75, 3.05) is 13.1 Å². The zero-order valence-electron chi connectivity index (χ0n) is 11.6. The molecule has 110 valence electrons. The van der Waals surface area contributed by atoms with Gasteiger partial charge in [0.25, 0.3) is 0 Å². The van der Waals surface area contributed by atoms with E-state index in [4.69, 9.17) is 11.6 Å². The third kappa shape index (κ3) is 3.46. The summed E-state index contributed by atoms with van der Waals surface area (Å²) in [6.07, 6.45) is 1.80. The molecule has 0 bridgehead atoms. The van der Waals surface area contributed by atoms with Crippen LogP contribution < -0.4 is 10.6 Å². The highest BCUT2D eigenvalue weighted by atomic mass is 35.5. The largest absolute Gasteiger partial charge is 0.354 e. The zero-order valence-corrected chi connectivity index (χ0v) is 13.1. The van der Waals surface area contributed by atoms with E-state index < -0.39 is 0 Å². The number of carbonyl (C=O) groups is 1. The molecule has 21 heavy (non-hydrogen) atoms. The molecule has 0 fully saturated rings. The van der Waals surface area contributed by atoms with Crippen molar-refractivity contribution in [3.05, 3.63) is 56.7 Å². The van der Waals surface area contributed by atoms with Gasteiger partial charge in [0.2, 0.25) is 5.91 Å². The van der Waals surface area contributed by atoms with Gasteiger partial charge < -0.3 is 10.6 Å². The molecule has 1 amide bonds. The first kappa shape index (κ1) is 14.6. The zero-order chi connectivity index (χ0) is 14.7. The van der Waals surface area contributed by atoms with Gasteiger partial charge in [-0.1, -0.05) is 35.9 Å². The Kier molecular flexibility index (Phi) is 4.58. The van der Waals surface area contributed by atoms with Crippen LogP contribution >= 0.6 is 22.9 Å². The average molecular weight is 321 g/mol. The highest BCUT2D eigenvalue weighted by Crippen LogP contribution is 2.23. The Hall–Kier alpha value is -1.36. The molecule has 0 spiro atoms. The average Bonchev–Trinajstić information content (AvgIpc) is 2.92. The van der Waals surface area contributed by atoms with Crippen molar-refractivity contribution in [1.29, 1.82) is 0 Å². The molecule has 3 rings (SSSR count). The van der Waals surface area contributed by atoms with Gasteiger partial charge in [-0.15, -0.1) is 11.3 Å². The smallest absolute Gasteiger partial charge is 0.241 e. The summed E-state index contributed by atoms with van der Waals surface area (Å²) in [5.41, 5.74) is 2.36. The van der Waals surface area contributed by atoms with Gasteiger partial charge in [-0.3, -0.25) is 4.79 Å². The van der Waals surface area contributed by atoms with Gasteiger partial charge >= 0.3 is 0 Å². The summed E-state index contributed by atoms with van der Waals surface area (Å²) in [4.78, 5) is 13.6. The Morgan fingerprint density at radius 3 is 3.00 bits per heavy atom. The van der Waals surface area contributed by atoms with Gasteiger partial charge in [-0.2, -0.15) is 0 Å². The van der Waals surface area contributed by atoms with Gasteiger partial charge in [0, 0.05) is 18.0 Å². The molecule has 0 radical (unpaired) electrons. The molecule has 0 aliphatic carbocycles. The molecule has 2 heterocycles. The lowest BCUT2D eigenvalue weighted by Crippen LogP contribution is -2.41. The summed E-state index contributed by atoms with van der Waals surface area (Å²) in [6.45, 7) is 1.48. The van der Waals surface area contributed by atoms with Crippen LogP contribution in [-0.4, -0.2) is 19.0 Å². The lowest BCUT2D eigenvalue weighted by Gasteiger charge is -2.26. The molecular formula is C16H17ClN2OS. The first-order valence-corrected chi connectivity index (χ1v) is 8.26. The number of hydrogen-bond donors (Lipinski definition) is 2. The van der Waals surface area contributed by atoms with E-state index in [0.717, 1.165) is 29.3 Å². The number of amides is 1. The molecule has 1 aromatic carbocycles. The molecule has 2 N–H and O–H groups in total. The predicted octanol–water partition coefficient (Wildman–Crippen LogP) is 2.95. The number of benzene rings is 1. The number of rotatable bonds is 4. The van der Waals surface area contributed by atoms with Gasteiger partial charge in [0.1, 0.15) is 6.04 Å². The highest BCUT2D eigenvalue weighted by molar-refractivity contribution is 7.16. The topological polar surface area (TPSA) is 41.1 Å². The fourth-order valence-corrected chi connectivity index (χ4v) is 3.72. The summed E-state index contributed by atoms with van der Waals surface area (Å²) < 4.78 is 0.791. The summed E-state index contributed by atoms with van der Waals surface area (Å²) in [7, 11) is 0. The van der Waals surface area contributed by atoms with Crippen LogP contribution in [0.4, 0.5) is 0 Å². The third-order valence-corrected chi connectivity index (χ3v) is 4.96. The SMILES string of the molecule is O=C(NCCc1ccc(Cl)s1)C1NCCc2ccccc21. The van der Waals surface area contributed by atoms with Crippen LogP contribution in [-0.2, 0) is 17.6 Å². The lowest BCUT2D eigenvalue weighted by molar-refractivity contribution is -0.123. The van der Waals surface area contributed by atoms with Gasteiger partial charge in [0.15, 0.2) is 0 Å². The molecule has 1 unspecified atom stereocenters. The minimum Gasteiger partial charge on any atom is -0.354 e. The summed E-state index contributed by atoms with van der Waals surface area (Å²) >= 11 is 7.46. The van der Waals surface area contributed by atoms with E-state index in [-0.39, 0.29) is 11.9 Å². The van der Waals surface area contributed by atoms with Crippen molar-refractivity contribution in [2.45, 2.75) is 18.9 Å². The molecule has 3 nitrogen and oxygen atoms in total. The van der Waals surface area contributed by atoms with E-state index in [1.165, 1.54) is 10.4 Å². The van der Waals surface area contributed by atoms with Crippen LogP contribution in [0.5, 0.6) is 0 Å². The molecule has 0 saturated carbocycles. The quantitative estimate of drug-likeness (QED) is 0.909. The van der Waals surface area contributed by atoms with Gasteiger partial charge in [-0.25, -0.2) is 0 Å². The second kappa shape index (κ2) is 6.60. The van der Waals surface area contributed by atoms with Gasteiger partial charge in [-0.05, 0) is 36.1 Å². The Labute approximate surface area is 133 Å². The first-order chi connectivity index (χ1) is 10.2. The van der Waals surface area contributed by atoms with E-state index in [2.05, 4.69) is 16.7 Å². The van der Waals surface area contributed by atoms with Crippen molar-refractivity contribution >= 4 is 28.8 Å². The molecule has 0 saturated heterocycles. The van der Waals surface area contributed by atoms with E-state index in [9.17, 15) is 4.79 Å². The van der Waals surface area contributed by atoms with Crippen molar-refractivity contribution in [3.8, 4) is 0 Å². The fourth-order valence-electron chi connectivity index (χ4n) is 2.64. The standard InChI is InChI=1S/C16H17ClN2OS/c17-14-6-5-12(21-14)8-10-19-16(20)15-13-4-2-1-3-11(13)7-9-18-15/h1-6,15,18H,7-10H2,(H,19,20). The monoisotopic (exact) mass is 320 g/mol. The molecule has 2 aromatic rings.